The Morgan fingerprint density at radius 2 is 1.82 bits per heavy atom. The minimum Gasteiger partial charge on any atom is -0.373 e. The van der Waals surface area contributed by atoms with Gasteiger partial charge in [-0.05, 0) is 50.9 Å². The van der Waals surface area contributed by atoms with Gasteiger partial charge in [0, 0.05) is 29.7 Å². The zero-order chi connectivity index (χ0) is 12.9. The van der Waals surface area contributed by atoms with Gasteiger partial charge in [-0.25, -0.2) is 0 Å². The molecule has 17 heavy (non-hydrogen) atoms. The van der Waals surface area contributed by atoms with E-state index in [0.717, 1.165) is 12.3 Å². The van der Waals surface area contributed by atoms with E-state index in [9.17, 15) is 0 Å². The van der Waals surface area contributed by atoms with Gasteiger partial charge in [0.1, 0.15) is 0 Å². The van der Waals surface area contributed by atoms with E-state index in [1.54, 1.807) is 0 Å². The summed E-state index contributed by atoms with van der Waals surface area (Å²) in [6.45, 7) is 7.60. The van der Waals surface area contributed by atoms with Crippen LogP contribution in [0.1, 0.15) is 20.8 Å². The largest absolute Gasteiger partial charge is 0.373 e. The van der Waals surface area contributed by atoms with Gasteiger partial charge in [-0.2, -0.15) is 0 Å². The summed E-state index contributed by atoms with van der Waals surface area (Å²) in [5.41, 5.74) is 1.40. The molecule has 0 aliphatic carbocycles. The molecular weight excluding hydrogens is 228 g/mol. The van der Waals surface area contributed by atoms with Gasteiger partial charge < -0.3 is 10.2 Å². The smallest absolute Gasteiger partial charge is 0.0365 e. The molecule has 0 heterocycles. The fourth-order valence-corrected chi connectivity index (χ4v) is 2.39. The van der Waals surface area contributed by atoms with Crippen molar-refractivity contribution in [1.29, 1.82) is 0 Å². The SMILES string of the molecule is CCSc1ccc(N(C)CC(C)(C)NC)cc1. The molecule has 1 N–H and O–H groups in total. The maximum atomic E-state index is 3.33. The third kappa shape index (κ3) is 4.60. The van der Waals surface area contributed by atoms with Crippen LogP contribution in [0.5, 0.6) is 0 Å². The lowest BCUT2D eigenvalue weighted by Gasteiger charge is -2.31. The third-order valence-corrected chi connectivity index (χ3v) is 3.79. The molecule has 0 aliphatic rings. The molecule has 0 fully saturated rings. The monoisotopic (exact) mass is 252 g/mol. The van der Waals surface area contributed by atoms with E-state index in [1.165, 1.54) is 10.6 Å². The Morgan fingerprint density at radius 1 is 1.24 bits per heavy atom. The highest BCUT2D eigenvalue weighted by molar-refractivity contribution is 7.99. The summed E-state index contributed by atoms with van der Waals surface area (Å²) >= 11 is 1.88. The van der Waals surface area contributed by atoms with Crippen molar-refractivity contribution in [2.45, 2.75) is 31.2 Å². The zero-order valence-corrected chi connectivity index (χ0v) is 12.4. The Morgan fingerprint density at radius 3 is 2.29 bits per heavy atom. The summed E-state index contributed by atoms with van der Waals surface area (Å²) in [7, 11) is 4.15. The van der Waals surface area contributed by atoms with Gasteiger partial charge in [0.05, 0.1) is 0 Å². The van der Waals surface area contributed by atoms with Crippen molar-refractivity contribution in [2.75, 3.05) is 31.3 Å². The highest BCUT2D eigenvalue weighted by Gasteiger charge is 2.17. The van der Waals surface area contributed by atoms with Crippen LogP contribution < -0.4 is 10.2 Å². The Balaban J connectivity index is 2.66. The average Bonchev–Trinajstić information content (AvgIpc) is 2.30. The first-order valence-corrected chi connectivity index (χ1v) is 7.10. The quantitative estimate of drug-likeness (QED) is 0.783. The number of nitrogens with one attached hydrogen (secondary N) is 1. The van der Waals surface area contributed by atoms with Crippen molar-refractivity contribution in [3.63, 3.8) is 0 Å². The van der Waals surface area contributed by atoms with Crippen LogP contribution in [0.4, 0.5) is 5.69 Å². The van der Waals surface area contributed by atoms with Crippen molar-refractivity contribution in [3.05, 3.63) is 24.3 Å². The number of likely N-dealkylation sites (N-methyl/N-ethyl adjacent to an activating group) is 2. The van der Waals surface area contributed by atoms with Crippen LogP contribution in [-0.2, 0) is 0 Å². The molecule has 3 heteroatoms. The molecule has 1 aromatic rings. The molecule has 0 radical (unpaired) electrons. The Hall–Kier alpha value is -0.670. The lowest BCUT2D eigenvalue weighted by Crippen LogP contribution is -2.46. The molecule has 0 atom stereocenters. The van der Waals surface area contributed by atoms with E-state index < -0.39 is 0 Å². The maximum absolute atomic E-state index is 3.33. The number of benzene rings is 1. The van der Waals surface area contributed by atoms with Crippen LogP contribution in [0.3, 0.4) is 0 Å². The van der Waals surface area contributed by atoms with Crippen LogP contribution in [-0.4, -0.2) is 31.9 Å². The highest BCUT2D eigenvalue weighted by Crippen LogP contribution is 2.22. The molecule has 0 spiro atoms. The summed E-state index contributed by atoms with van der Waals surface area (Å²) in [6.07, 6.45) is 0. The fraction of sp³-hybridized carbons (Fsp3) is 0.571. The van der Waals surface area contributed by atoms with Gasteiger partial charge in [-0.1, -0.05) is 6.92 Å². The molecule has 0 saturated carbocycles. The number of thioether (sulfide) groups is 1. The van der Waals surface area contributed by atoms with Gasteiger partial charge in [0.25, 0.3) is 0 Å². The molecule has 0 unspecified atom stereocenters. The topological polar surface area (TPSA) is 15.3 Å². The molecule has 0 saturated heterocycles. The lowest BCUT2D eigenvalue weighted by atomic mass is 10.1. The molecular formula is C14H24N2S. The second-order valence-corrected chi connectivity index (χ2v) is 6.25. The Kier molecular flexibility index (Phi) is 5.34. The van der Waals surface area contributed by atoms with Crippen molar-refractivity contribution < 1.29 is 0 Å². The van der Waals surface area contributed by atoms with Crippen molar-refractivity contribution >= 4 is 17.4 Å². The van der Waals surface area contributed by atoms with Crippen LogP contribution >= 0.6 is 11.8 Å². The Labute approximate surface area is 110 Å². The maximum Gasteiger partial charge on any atom is 0.0365 e. The first kappa shape index (κ1) is 14.4. The predicted octanol–water partition coefficient (Wildman–Crippen LogP) is 3.23. The highest BCUT2D eigenvalue weighted by atomic mass is 32.2. The van der Waals surface area contributed by atoms with Gasteiger partial charge in [0.15, 0.2) is 0 Å². The van der Waals surface area contributed by atoms with Crippen LogP contribution in [0.15, 0.2) is 29.2 Å². The van der Waals surface area contributed by atoms with Gasteiger partial charge >= 0.3 is 0 Å². The normalized spacial score (nSPS) is 11.6. The van der Waals surface area contributed by atoms with Crippen molar-refractivity contribution in [1.82, 2.24) is 5.32 Å². The van der Waals surface area contributed by atoms with Gasteiger partial charge in [-0.15, -0.1) is 11.8 Å². The van der Waals surface area contributed by atoms with Crippen LogP contribution in [0.25, 0.3) is 0 Å². The summed E-state index contributed by atoms with van der Waals surface area (Å²) in [4.78, 5) is 3.63. The van der Waals surface area contributed by atoms with Gasteiger partial charge in [-0.3, -0.25) is 0 Å². The number of hydrogen-bond donors (Lipinski definition) is 1. The first-order valence-electron chi connectivity index (χ1n) is 6.11. The molecule has 1 rings (SSSR count). The summed E-state index contributed by atoms with van der Waals surface area (Å²) in [6, 6.07) is 8.80. The zero-order valence-electron chi connectivity index (χ0n) is 11.6. The molecule has 96 valence electrons. The number of hydrogen-bond acceptors (Lipinski definition) is 3. The predicted molar refractivity (Wildman–Crippen MR) is 79.2 cm³/mol. The van der Waals surface area contributed by atoms with E-state index in [2.05, 4.69) is 62.3 Å². The first-order chi connectivity index (χ1) is 7.98. The third-order valence-electron chi connectivity index (χ3n) is 2.90. The van der Waals surface area contributed by atoms with Crippen LogP contribution in [0.2, 0.25) is 0 Å². The number of nitrogens with zero attached hydrogens (tertiary/aromatic N) is 1. The van der Waals surface area contributed by atoms with E-state index >= 15 is 0 Å². The minimum atomic E-state index is 0.131. The van der Waals surface area contributed by atoms with Crippen LogP contribution in [0, 0.1) is 0 Å². The second kappa shape index (κ2) is 6.31. The average molecular weight is 252 g/mol. The molecule has 0 aliphatic heterocycles. The summed E-state index contributed by atoms with van der Waals surface area (Å²) in [5, 5.41) is 3.33. The molecule has 0 aromatic heterocycles. The standard InChI is InChI=1S/C14H24N2S/c1-6-17-13-9-7-12(8-10-13)16(5)11-14(2,3)15-4/h7-10,15H,6,11H2,1-5H3. The van der Waals surface area contributed by atoms with Crippen molar-refractivity contribution in [3.8, 4) is 0 Å². The van der Waals surface area contributed by atoms with Gasteiger partial charge in [0.2, 0.25) is 0 Å². The fourth-order valence-electron chi connectivity index (χ4n) is 1.73. The second-order valence-electron chi connectivity index (χ2n) is 4.92. The number of rotatable bonds is 6. The van der Waals surface area contributed by atoms with E-state index in [0.29, 0.717) is 0 Å². The molecule has 2 nitrogen and oxygen atoms in total. The van der Waals surface area contributed by atoms with E-state index in [4.69, 9.17) is 0 Å². The molecule has 1 aromatic carbocycles. The minimum absolute atomic E-state index is 0.131. The molecule has 0 bridgehead atoms. The number of anilines is 1. The van der Waals surface area contributed by atoms with Crippen molar-refractivity contribution in [2.24, 2.45) is 0 Å². The Bertz CT molecular complexity index is 333. The van der Waals surface area contributed by atoms with E-state index in [-0.39, 0.29) is 5.54 Å². The summed E-state index contributed by atoms with van der Waals surface area (Å²) < 4.78 is 0. The van der Waals surface area contributed by atoms with E-state index in [1.807, 2.05) is 18.8 Å². The lowest BCUT2D eigenvalue weighted by molar-refractivity contribution is 0.428. The molecule has 0 amide bonds. The summed E-state index contributed by atoms with van der Waals surface area (Å²) in [5.74, 6) is 1.13.